The van der Waals surface area contributed by atoms with Crippen molar-refractivity contribution in [1.29, 1.82) is 0 Å². The van der Waals surface area contributed by atoms with E-state index >= 15 is 0 Å². The van der Waals surface area contributed by atoms with E-state index < -0.39 is 0 Å². The summed E-state index contributed by atoms with van der Waals surface area (Å²) in [7, 11) is 6.06. The van der Waals surface area contributed by atoms with Gasteiger partial charge in [-0.25, -0.2) is 0 Å². The largest absolute Gasteiger partial charge is 0.370 e. The lowest BCUT2D eigenvalue weighted by atomic mass is 10.0. The van der Waals surface area contributed by atoms with E-state index in [0.717, 1.165) is 32.2 Å². The van der Waals surface area contributed by atoms with Gasteiger partial charge in [-0.1, -0.05) is 24.3 Å². The molecule has 24 heavy (non-hydrogen) atoms. The Morgan fingerprint density at radius 2 is 2.08 bits per heavy atom. The number of nitrogens with one attached hydrogen (secondary N) is 1. The Morgan fingerprint density at radius 3 is 2.71 bits per heavy atom. The molecule has 0 aromatic heterocycles. The summed E-state index contributed by atoms with van der Waals surface area (Å²) in [6, 6.07) is 8.46. The highest BCUT2D eigenvalue weighted by atomic mass is 16.5. The molecule has 5 heteroatoms. The van der Waals surface area contributed by atoms with Crippen LogP contribution in [0, 0.1) is 6.92 Å². The van der Waals surface area contributed by atoms with Gasteiger partial charge >= 0.3 is 0 Å². The maximum atomic E-state index is 6.02. The van der Waals surface area contributed by atoms with Gasteiger partial charge < -0.3 is 19.9 Å². The lowest BCUT2D eigenvalue weighted by Gasteiger charge is -2.38. The summed E-state index contributed by atoms with van der Waals surface area (Å²) in [5, 5.41) is 3.53. The number of aryl methyl sites for hydroxylation is 1. The molecule has 1 aliphatic heterocycles. The van der Waals surface area contributed by atoms with E-state index in [-0.39, 0.29) is 11.6 Å². The highest BCUT2D eigenvalue weighted by molar-refractivity contribution is 5.80. The van der Waals surface area contributed by atoms with Crippen LogP contribution in [0.3, 0.4) is 0 Å². The molecule has 0 bridgehead atoms. The Balaban J connectivity index is 2.03. The Morgan fingerprint density at radius 1 is 1.38 bits per heavy atom. The van der Waals surface area contributed by atoms with Gasteiger partial charge in [0.05, 0.1) is 13.2 Å². The number of nitrogens with zero attached hydrogens (tertiary/aromatic N) is 3. The standard InChI is InChI=1S/C19H32N4O/c1-15-9-7-8-10-16(15)17-13-23(11-12-24-17)18(20-4)21-14-19(2,3)22(5)6/h7-10,17H,11-14H2,1-6H3,(H,20,21). The number of guanidine groups is 1. The third-order valence-corrected chi connectivity index (χ3v) is 5.00. The van der Waals surface area contributed by atoms with Crippen molar-refractivity contribution in [2.75, 3.05) is 47.4 Å². The van der Waals surface area contributed by atoms with Crippen LogP contribution < -0.4 is 5.32 Å². The molecule has 2 rings (SSSR count). The summed E-state index contributed by atoms with van der Waals surface area (Å²) in [6.07, 6.45) is 0.0976. The number of likely N-dealkylation sites (N-methyl/N-ethyl adjacent to an activating group) is 1. The number of rotatable bonds is 4. The Labute approximate surface area is 146 Å². The zero-order valence-corrected chi connectivity index (χ0v) is 16.0. The summed E-state index contributed by atoms with van der Waals surface area (Å²) < 4.78 is 6.02. The van der Waals surface area contributed by atoms with E-state index in [2.05, 4.69) is 79.2 Å². The van der Waals surface area contributed by atoms with Gasteiger partial charge in [-0.15, -0.1) is 0 Å². The van der Waals surface area contributed by atoms with E-state index in [1.807, 2.05) is 7.05 Å². The summed E-state index contributed by atoms with van der Waals surface area (Å²) in [4.78, 5) is 9.00. The highest BCUT2D eigenvalue weighted by Crippen LogP contribution is 2.25. The first-order chi connectivity index (χ1) is 11.3. The third-order valence-electron chi connectivity index (χ3n) is 5.00. The first-order valence-electron chi connectivity index (χ1n) is 8.65. The molecular weight excluding hydrogens is 300 g/mol. The Hall–Kier alpha value is -1.59. The van der Waals surface area contributed by atoms with E-state index in [1.165, 1.54) is 11.1 Å². The fourth-order valence-corrected chi connectivity index (χ4v) is 2.76. The molecule has 0 aliphatic carbocycles. The van der Waals surface area contributed by atoms with Crippen LogP contribution in [0.5, 0.6) is 0 Å². The summed E-state index contributed by atoms with van der Waals surface area (Å²) in [5.41, 5.74) is 2.62. The average Bonchev–Trinajstić information content (AvgIpc) is 2.56. The fraction of sp³-hybridized carbons (Fsp3) is 0.632. The molecular formula is C19H32N4O. The minimum absolute atomic E-state index is 0.0671. The molecule has 1 saturated heterocycles. The van der Waals surface area contributed by atoms with E-state index in [1.54, 1.807) is 0 Å². The maximum Gasteiger partial charge on any atom is 0.193 e. The van der Waals surface area contributed by atoms with Crippen LogP contribution in [0.1, 0.15) is 31.1 Å². The van der Waals surface area contributed by atoms with Gasteiger partial charge in [0, 0.05) is 25.7 Å². The predicted octanol–water partition coefficient (Wildman–Crippen LogP) is 2.28. The van der Waals surface area contributed by atoms with Gasteiger partial charge in [-0.2, -0.15) is 0 Å². The van der Waals surface area contributed by atoms with Crippen molar-refractivity contribution in [3.63, 3.8) is 0 Å². The number of ether oxygens (including phenoxy) is 1. The lowest BCUT2D eigenvalue weighted by molar-refractivity contribution is -0.00850. The zero-order valence-electron chi connectivity index (χ0n) is 16.0. The molecule has 0 saturated carbocycles. The molecule has 1 aromatic carbocycles. The minimum atomic E-state index is 0.0671. The van der Waals surface area contributed by atoms with Gasteiger partial charge in [-0.05, 0) is 46.0 Å². The molecule has 1 aromatic rings. The molecule has 5 nitrogen and oxygen atoms in total. The van der Waals surface area contributed by atoms with Gasteiger partial charge in [0.2, 0.25) is 0 Å². The quantitative estimate of drug-likeness (QED) is 0.678. The van der Waals surface area contributed by atoms with Crippen LogP contribution >= 0.6 is 0 Å². The number of morpholine rings is 1. The van der Waals surface area contributed by atoms with E-state index in [0.29, 0.717) is 0 Å². The molecule has 1 N–H and O–H groups in total. The minimum Gasteiger partial charge on any atom is -0.370 e. The van der Waals surface area contributed by atoms with Crippen molar-refractivity contribution in [1.82, 2.24) is 15.1 Å². The van der Waals surface area contributed by atoms with Crippen LogP contribution in [0.2, 0.25) is 0 Å². The van der Waals surface area contributed by atoms with Gasteiger partial charge in [0.15, 0.2) is 5.96 Å². The average molecular weight is 332 g/mol. The first-order valence-corrected chi connectivity index (χ1v) is 8.65. The van der Waals surface area contributed by atoms with Crippen LogP contribution in [0.4, 0.5) is 0 Å². The van der Waals surface area contributed by atoms with Crippen molar-refractivity contribution in [2.45, 2.75) is 32.4 Å². The maximum absolute atomic E-state index is 6.02. The normalized spacial score (nSPS) is 19.7. The van der Waals surface area contributed by atoms with Crippen LogP contribution in [0.25, 0.3) is 0 Å². The second-order valence-corrected chi connectivity index (χ2v) is 7.27. The predicted molar refractivity (Wildman–Crippen MR) is 101 cm³/mol. The number of hydrogen-bond donors (Lipinski definition) is 1. The number of hydrogen-bond acceptors (Lipinski definition) is 3. The third kappa shape index (κ3) is 4.48. The summed E-state index contributed by atoms with van der Waals surface area (Å²) >= 11 is 0. The molecule has 0 spiro atoms. The molecule has 0 amide bonds. The van der Waals surface area contributed by atoms with Crippen LogP contribution in [0.15, 0.2) is 29.3 Å². The molecule has 134 valence electrons. The smallest absolute Gasteiger partial charge is 0.193 e. The Bertz CT molecular complexity index is 568. The number of benzene rings is 1. The van der Waals surface area contributed by atoms with Gasteiger partial charge in [0.25, 0.3) is 0 Å². The first kappa shape index (κ1) is 18.7. The SMILES string of the molecule is CN=C(NCC(C)(C)N(C)C)N1CCOC(c2ccccc2C)C1. The topological polar surface area (TPSA) is 40.1 Å². The van der Waals surface area contributed by atoms with Crippen molar-refractivity contribution >= 4 is 5.96 Å². The monoisotopic (exact) mass is 332 g/mol. The second-order valence-electron chi connectivity index (χ2n) is 7.27. The van der Waals surface area contributed by atoms with Crippen LogP contribution in [-0.2, 0) is 4.74 Å². The number of aliphatic imine (C=N–C) groups is 1. The lowest BCUT2D eigenvalue weighted by Crippen LogP contribution is -2.54. The molecule has 0 radical (unpaired) electrons. The summed E-state index contributed by atoms with van der Waals surface area (Å²) in [6.45, 7) is 9.85. The molecule has 1 unspecified atom stereocenters. The second kappa shape index (κ2) is 7.99. The molecule has 1 fully saturated rings. The fourth-order valence-electron chi connectivity index (χ4n) is 2.76. The van der Waals surface area contributed by atoms with Gasteiger partial charge in [-0.3, -0.25) is 4.99 Å². The van der Waals surface area contributed by atoms with Crippen molar-refractivity contribution < 1.29 is 4.74 Å². The summed E-state index contributed by atoms with van der Waals surface area (Å²) in [5.74, 6) is 0.951. The molecule has 1 atom stereocenters. The highest BCUT2D eigenvalue weighted by Gasteiger charge is 2.27. The van der Waals surface area contributed by atoms with Gasteiger partial charge in [0.1, 0.15) is 6.10 Å². The van der Waals surface area contributed by atoms with E-state index in [9.17, 15) is 0 Å². The zero-order chi connectivity index (χ0) is 17.7. The molecule has 1 aliphatic rings. The van der Waals surface area contributed by atoms with Crippen molar-refractivity contribution in [3.8, 4) is 0 Å². The van der Waals surface area contributed by atoms with Crippen molar-refractivity contribution in [3.05, 3.63) is 35.4 Å². The Kier molecular flexibility index (Phi) is 6.24. The van der Waals surface area contributed by atoms with E-state index in [4.69, 9.17) is 4.74 Å². The van der Waals surface area contributed by atoms with Crippen LogP contribution in [-0.4, -0.2) is 68.7 Å². The molecule has 1 heterocycles. The van der Waals surface area contributed by atoms with Crippen molar-refractivity contribution in [2.24, 2.45) is 4.99 Å².